The molecule has 96 valence electrons. The van der Waals surface area contributed by atoms with Crippen molar-refractivity contribution in [2.75, 3.05) is 7.11 Å². The first-order valence-electron chi connectivity index (χ1n) is 5.28. The average molecular weight is 268 g/mol. The fraction of sp³-hybridized carbons (Fsp3) is 0.364. The van der Waals surface area contributed by atoms with Gasteiger partial charge in [0.15, 0.2) is 0 Å². The first kappa shape index (κ1) is 12.6. The Kier molecular flexibility index (Phi) is 3.08. The summed E-state index contributed by atoms with van der Waals surface area (Å²) in [5.74, 6) is -0.631. The third-order valence-corrected chi connectivity index (χ3v) is 3.64. The molecule has 0 saturated heterocycles. The lowest BCUT2D eigenvalue weighted by atomic mass is 10.3. The maximum Gasteiger partial charge on any atom is 0.330 e. The number of methoxy groups -OCH3 is 1. The molecule has 2 heterocycles. The van der Waals surface area contributed by atoms with Crippen LogP contribution in [0.1, 0.15) is 17.8 Å². The van der Waals surface area contributed by atoms with Crippen LogP contribution < -0.4 is 11.2 Å². The predicted octanol–water partition coefficient (Wildman–Crippen LogP) is 0.794. The fourth-order valence-electron chi connectivity index (χ4n) is 1.77. The highest BCUT2D eigenvalue weighted by atomic mass is 32.1. The summed E-state index contributed by atoms with van der Waals surface area (Å²) in [7, 11) is 1.21. The smallest absolute Gasteiger partial charge is 0.330 e. The number of ether oxygens (including phenoxy) is 1. The Hall–Kier alpha value is -1.89. The summed E-state index contributed by atoms with van der Waals surface area (Å²) >= 11 is 1.33. The number of nitrogens with one attached hydrogen (secondary N) is 1. The fourth-order valence-corrected chi connectivity index (χ4v) is 2.67. The van der Waals surface area contributed by atoms with Crippen LogP contribution in [0.5, 0.6) is 0 Å². The van der Waals surface area contributed by atoms with Crippen molar-refractivity contribution in [2.24, 2.45) is 0 Å². The molecular weight excluding hydrogens is 256 g/mol. The van der Waals surface area contributed by atoms with Crippen molar-refractivity contribution in [3.05, 3.63) is 31.8 Å². The second kappa shape index (κ2) is 4.41. The van der Waals surface area contributed by atoms with Crippen LogP contribution in [0.3, 0.4) is 0 Å². The summed E-state index contributed by atoms with van der Waals surface area (Å²) in [5.41, 5.74) is -1.08. The van der Waals surface area contributed by atoms with E-state index in [9.17, 15) is 14.4 Å². The SMILES string of the molecule is COC(=O)C(C)n1c(=O)[nH]c2sc(C)cc2c1=O. The molecule has 2 rings (SSSR count). The van der Waals surface area contributed by atoms with E-state index in [0.717, 1.165) is 9.44 Å². The van der Waals surface area contributed by atoms with Crippen LogP contribution in [-0.4, -0.2) is 22.6 Å². The van der Waals surface area contributed by atoms with Gasteiger partial charge < -0.3 is 4.74 Å². The standard InChI is InChI=1S/C11H12N2O4S/c1-5-4-7-8(18-5)12-11(16)13(9(7)14)6(2)10(15)17-3/h4,6H,1-3H3,(H,12,16). The normalized spacial score (nSPS) is 12.6. The number of aryl methyl sites for hydroxylation is 1. The number of hydrogen-bond donors (Lipinski definition) is 1. The number of fused-ring (bicyclic) bond motifs is 1. The number of aromatic amines is 1. The van der Waals surface area contributed by atoms with Gasteiger partial charge in [0, 0.05) is 4.88 Å². The molecule has 2 aromatic rings. The van der Waals surface area contributed by atoms with Crippen molar-refractivity contribution in [1.82, 2.24) is 9.55 Å². The van der Waals surface area contributed by atoms with E-state index in [0.29, 0.717) is 10.2 Å². The minimum absolute atomic E-state index is 0.410. The van der Waals surface area contributed by atoms with Gasteiger partial charge in [0.1, 0.15) is 10.9 Å². The quantitative estimate of drug-likeness (QED) is 0.817. The Morgan fingerprint density at radius 1 is 1.50 bits per heavy atom. The molecule has 0 aliphatic carbocycles. The molecule has 7 heteroatoms. The van der Waals surface area contributed by atoms with Crippen molar-refractivity contribution in [2.45, 2.75) is 19.9 Å². The number of carbonyl (C=O) groups excluding carboxylic acids is 1. The number of thiophene rings is 1. The van der Waals surface area contributed by atoms with Gasteiger partial charge in [0.2, 0.25) is 0 Å². The highest BCUT2D eigenvalue weighted by Gasteiger charge is 2.21. The molecule has 1 atom stereocenters. The topological polar surface area (TPSA) is 81.2 Å². The van der Waals surface area contributed by atoms with Crippen molar-refractivity contribution in [1.29, 1.82) is 0 Å². The van der Waals surface area contributed by atoms with Crippen LogP contribution in [0.2, 0.25) is 0 Å². The maximum atomic E-state index is 12.2. The van der Waals surface area contributed by atoms with Gasteiger partial charge in [-0.05, 0) is 19.9 Å². The Bertz CT molecular complexity index is 725. The number of rotatable bonds is 2. The summed E-state index contributed by atoms with van der Waals surface area (Å²) in [4.78, 5) is 39.5. The third-order valence-electron chi connectivity index (χ3n) is 2.67. The molecule has 0 amide bonds. The maximum absolute atomic E-state index is 12.2. The van der Waals surface area contributed by atoms with Crippen LogP contribution in [-0.2, 0) is 9.53 Å². The summed E-state index contributed by atoms with van der Waals surface area (Å²) in [5, 5.41) is 0.410. The van der Waals surface area contributed by atoms with E-state index in [4.69, 9.17) is 0 Å². The molecule has 0 spiro atoms. The van der Waals surface area contributed by atoms with Crippen molar-refractivity contribution < 1.29 is 9.53 Å². The van der Waals surface area contributed by atoms with Crippen LogP contribution in [0.25, 0.3) is 10.2 Å². The lowest BCUT2D eigenvalue weighted by Gasteiger charge is -2.11. The first-order valence-corrected chi connectivity index (χ1v) is 6.10. The molecule has 18 heavy (non-hydrogen) atoms. The van der Waals surface area contributed by atoms with Crippen LogP contribution >= 0.6 is 11.3 Å². The summed E-state index contributed by atoms with van der Waals surface area (Å²) < 4.78 is 5.42. The lowest BCUT2D eigenvalue weighted by Crippen LogP contribution is -2.39. The Balaban J connectivity index is 2.75. The zero-order chi connectivity index (χ0) is 13.4. The second-order valence-corrected chi connectivity index (χ2v) is 5.16. The molecule has 1 unspecified atom stereocenters. The van der Waals surface area contributed by atoms with E-state index in [1.54, 1.807) is 6.07 Å². The highest BCUT2D eigenvalue weighted by molar-refractivity contribution is 7.18. The van der Waals surface area contributed by atoms with Crippen molar-refractivity contribution in [3.8, 4) is 0 Å². The predicted molar refractivity (Wildman–Crippen MR) is 68.2 cm³/mol. The van der Waals surface area contributed by atoms with E-state index < -0.39 is 23.3 Å². The summed E-state index contributed by atoms with van der Waals surface area (Å²) in [6, 6.07) is 0.745. The van der Waals surface area contributed by atoms with E-state index in [1.807, 2.05) is 6.92 Å². The van der Waals surface area contributed by atoms with E-state index in [1.165, 1.54) is 25.4 Å². The van der Waals surface area contributed by atoms with Gasteiger partial charge in [-0.2, -0.15) is 0 Å². The molecule has 0 aliphatic heterocycles. The van der Waals surface area contributed by atoms with Gasteiger partial charge >= 0.3 is 11.7 Å². The van der Waals surface area contributed by atoms with Gasteiger partial charge in [0.05, 0.1) is 12.5 Å². The molecule has 6 nitrogen and oxygen atoms in total. The Morgan fingerprint density at radius 3 is 2.78 bits per heavy atom. The zero-order valence-electron chi connectivity index (χ0n) is 10.1. The van der Waals surface area contributed by atoms with Crippen LogP contribution in [0.4, 0.5) is 0 Å². The highest BCUT2D eigenvalue weighted by Crippen LogP contribution is 2.19. The van der Waals surface area contributed by atoms with Crippen molar-refractivity contribution in [3.63, 3.8) is 0 Å². The molecule has 2 aromatic heterocycles. The molecule has 0 radical (unpaired) electrons. The average Bonchev–Trinajstić information content (AvgIpc) is 2.68. The lowest BCUT2D eigenvalue weighted by molar-refractivity contribution is -0.144. The molecule has 0 aliphatic rings. The second-order valence-electron chi connectivity index (χ2n) is 3.90. The zero-order valence-corrected chi connectivity index (χ0v) is 11.0. The van der Waals surface area contributed by atoms with E-state index >= 15 is 0 Å². The van der Waals surface area contributed by atoms with Gasteiger partial charge in [-0.1, -0.05) is 0 Å². The van der Waals surface area contributed by atoms with Gasteiger partial charge in [0.25, 0.3) is 5.56 Å². The Labute approximate surface area is 106 Å². The van der Waals surface area contributed by atoms with Crippen LogP contribution in [0, 0.1) is 6.92 Å². The summed E-state index contributed by atoms with van der Waals surface area (Å²) in [6.07, 6.45) is 0. The van der Waals surface area contributed by atoms with Gasteiger partial charge in [-0.3, -0.25) is 9.78 Å². The number of carbonyl (C=O) groups is 1. The molecule has 1 N–H and O–H groups in total. The minimum Gasteiger partial charge on any atom is -0.467 e. The molecular formula is C11H12N2O4S. The number of esters is 1. The van der Waals surface area contributed by atoms with E-state index in [2.05, 4.69) is 9.72 Å². The molecule has 0 aromatic carbocycles. The minimum atomic E-state index is -0.948. The Morgan fingerprint density at radius 2 is 2.17 bits per heavy atom. The number of H-pyrrole nitrogens is 1. The van der Waals surface area contributed by atoms with Crippen molar-refractivity contribution >= 4 is 27.5 Å². The van der Waals surface area contributed by atoms with E-state index in [-0.39, 0.29) is 0 Å². The number of nitrogens with zero attached hydrogens (tertiary/aromatic N) is 1. The largest absolute Gasteiger partial charge is 0.467 e. The summed E-state index contributed by atoms with van der Waals surface area (Å²) in [6.45, 7) is 3.30. The molecule has 0 bridgehead atoms. The molecule has 0 fully saturated rings. The van der Waals surface area contributed by atoms with Gasteiger partial charge in [-0.15, -0.1) is 11.3 Å². The number of hydrogen-bond acceptors (Lipinski definition) is 5. The van der Waals surface area contributed by atoms with Crippen LogP contribution in [0.15, 0.2) is 15.7 Å². The first-order chi connectivity index (χ1) is 8.45. The van der Waals surface area contributed by atoms with Gasteiger partial charge in [-0.25, -0.2) is 14.2 Å². The number of aromatic nitrogens is 2. The third kappa shape index (κ3) is 1.86. The monoisotopic (exact) mass is 268 g/mol. The molecule has 0 saturated carbocycles.